The van der Waals surface area contributed by atoms with E-state index in [-0.39, 0.29) is 11.7 Å². The van der Waals surface area contributed by atoms with E-state index in [1.54, 1.807) is 19.9 Å². The maximum atomic E-state index is 11.3. The molecule has 0 heterocycles. The Morgan fingerprint density at radius 2 is 1.88 bits per heavy atom. The van der Waals surface area contributed by atoms with E-state index in [1.807, 2.05) is 0 Å². The van der Waals surface area contributed by atoms with Crippen LogP contribution in [-0.2, 0) is 14.4 Å². The summed E-state index contributed by atoms with van der Waals surface area (Å²) >= 11 is 0. The normalized spacial score (nSPS) is 10.4. The molecule has 0 saturated heterocycles. The number of imide groups is 1. The van der Waals surface area contributed by atoms with Gasteiger partial charge in [0.05, 0.1) is 0 Å². The summed E-state index contributed by atoms with van der Waals surface area (Å²) in [5.41, 5.74) is 0. The van der Waals surface area contributed by atoms with Crippen LogP contribution in [0, 0.1) is 0 Å². The third kappa shape index (κ3) is 6.92. The second kappa shape index (κ2) is 8.83. The van der Waals surface area contributed by atoms with E-state index in [9.17, 15) is 14.4 Å². The van der Waals surface area contributed by atoms with Gasteiger partial charge in [-0.2, -0.15) is 0 Å². The first-order valence-corrected chi connectivity index (χ1v) is 5.49. The summed E-state index contributed by atoms with van der Waals surface area (Å²) in [6, 6.07) is 0. The monoisotopic (exact) mass is 225 g/mol. The van der Waals surface area contributed by atoms with Crippen molar-refractivity contribution < 1.29 is 14.4 Å². The molecule has 0 bridgehead atoms. The summed E-state index contributed by atoms with van der Waals surface area (Å²) in [7, 11) is 0. The van der Waals surface area contributed by atoms with Gasteiger partial charge in [0.25, 0.3) is 5.91 Å². The van der Waals surface area contributed by atoms with Gasteiger partial charge in [-0.05, 0) is 32.8 Å². The zero-order valence-electron chi connectivity index (χ0n) is 9.94. The summed E-state index contributed by atoms with van der Waals surface area (Å²) in [4.78, 5) is 33.7. The summed E-state index contributed by atoms with van der Waals surface area (Å²) in [6.07, 6.45) is 6.51. The number of allylic oxidation sites excluding steroid dienone is 1. The standard InChI is InChI=1S/C12H19NO3/c1-3-7-12(16)13(10-14)9-6-4-5-8-11(2)15/h3,7,10H,4-6,8-9H2,1-2H3/b7-3-. The fourth-order valence-corrected chi connectivity index (χ4v) is 1.29. The lowest BCUT2D eigenvalue weighted by atomic mass is 10.1. The second-order valence-corrected chi connectivity index (χ2v) is 3.65. The Kier molecular flexibility index (Phi) is 8.03. The van der Waals surface area contributed by atoms with Crippen LogP contribution >= 0.6 is 0 Å². The Morgan fingerprint density at radius 1 is 1.19 bits per heavy atom. The highest BCUT2D eigenvalue weighted by Crippen LogP contribution is 2.02. The van der Waals surface area contributed by atoms with Crippen LogP contribution in [0.1, 0.15) is 39.5 Å². The van der Waals surface area contributed by atoms with Gasteiger partial charge >= 0.3 is 0 Å². The van der Waals surface area contributed by atoms with Crippen molar-refractivity contribution >= 4 is 18.1 Å². The molecule has 0 aromatic carbocycles. The summed E-state index contributed by atoms with van der Waals surface area (Å²) in [5, 5.41) is 0. The van der Waals surface area contributed by atoms with Crippen molar-refractivity contribution in [3.05, 3.63) is 12.2 Å². The molecule has 4 heteroatoms. The molecule has 0 aliphatic heterocycles. The Hall–Kier alpha value is -1.45. The third-order valence-corrected chi connectivity index (χ3v) is 2.15. The Labute approximate surface area is 96.3 Å². The molecular weight excluding hydrogens is 206 g/mol. The van der Waals surface area contributed by atoms with Crippen LogP contribution < -0.4 is 0 Å². The molecule has 0 saturated carbocycles. The number of carbonyl (C=O) groups is 3. The van der Waals surface area contributed by atoms with Crippen LogP contribution in [0.4, 0.5) is 0 Å². The molecule has 0 N–H and O–H groups in total. The average Bonchev–Trinajstić information content (AvgIpc) is 2.23. The van der Waals surface area contributed by atoms with Gasteiger partial charge in [-0.15, -0.1) is 0 Å². The van der Waals surface area contributed by atoms with Crippen LogP contribution in [0.25, 0.3) is 0 Å². The van der Waals surface area contributed by atoms with Gasteiger partial charge in [0.2, 0.25) is 6.41 Å². The van der Waals surface area contributed by atoms with Gasteiger partial charge in [-0.25, -0.2) is 0 Å². The minimum absolute atomic E-state index is 0.178. The Bertz CT molecular complexity index is 271. The van der Waals surface area contributed by atoms with E-state index >= 15 is 0 Å². The zero-order valence-corrected chi connectivity index (χ0v) is 9.94. The number of Topliss-reactive ketones (excluding diaryl/α,β-unsaturated/α-hetero) is 1. The van der Waals surface area contributed by atoms with Crippen molar-refractivity contribution in [2.24, 2.45) is 0 Å². The summed E-state index contributed by atoms with van der Waals surface area (Å²) in [6.45, 7) is 3.71. The van der Waals surface area contributed by atoms with E-state index in [0.717, 1.165) is 24.2 Å². The molecule has 0 unspecified atom stereocenters. The summed E-state index contributed by atoms with van der Waals surface area (Å²) in [5.74, 6) is -0.110. The minimum Gasteiger partial charge on any atom is -0.300 e. The quantitative estimate of drug-likeness (QED) is 0.359. The Balaban J connectivity index is 3.75. The van der Waals surface area contributed by atoms with Crippen LogP contribution in [0.15, 0.2) is 12.2 Å². The van der Waals surface area contributed by atoms with Gasteiger partial charge in [-0.3, -0.25) is 14.5 Å². The maximum Gasteiger partial charge on any atom is 0.252 e. The van der Waals surface area contributed by atoms with Crippen molar-refractivity contribution in [3.63, 3.8) is 0 Å². The molecule has 2 amide bonds. The molecule has 0 radical (unpaired) electrons. The first-order valence-electron chi connectivity index (χ1n) is 5.49. The topological polar surface area (TPSA) is 54.5 Å². The van der Waals surface area contributed by atoms with E-state index in [0.29, 0.717) is 19.4 Å². The molecule has 4 nitrogen and oxygen atoms in total. The molecule has 0 rings (SSSR count). The lowest BCUT2D eigenvalue weighted by Crippen LogP contribution is -2.28. The Morgan fingerprint density at radius 3 is 2.38 bits per heavy atom. The number of amides is 2. The molecular formula is C12H19NO3. The van der Waals surface area contributed by atoms with Crippen molar-refractivity contribution in [2.45, 2.75) is 39.5 Å². The fourth-order valence-electron chi connectivity index (χ4n) is 1.29. The largest absolute Gasteiger partial charge is 0.300 e. The number of rotatable bonds is 8. The maximum absolute atomic E-state index is 11.3. The highest BCUT2D eigenvalue weighted by Gasteiger charge is 2.07. The van der Waals surface area contributed by atoms with Crippen molar-refractivity contribution in [2.75, 3.05) is 6.54 Å². The van der Waals surface area contributed by atoms with Crippen LogP contribution in [-0.4, -0.2) is 29.5 Å². The first-order chi connectivity index (χ1) is 7.61. The van der Waals surface area contributed by atoms with Gasteiger partial charge in [-0.1, -0.05) is 12.5 Å². The summed E-state index contributed by atoms with van der Waals surface area (Å²) < 4.78 is 0. The molecule has 0 spiro atoms. The molecule has 0 atom stereocenters. The molecule has 0 aromatic rings. The number of nitrogens with zero attached hydrogens (tertiary/aromatic N) is 1. The van der Waals surface area contributed by atoms with Crippen LogP contribution in [0.2, 0.25) is 0 Å². The number of carbonyl (C=O) groups excluding carboxylic acids is 3. The van der Waals surface area contributed by atoms with Crippen molar-refractivity contribution in [3.8, 4) is 0 Å². The molecule has 0 aliphatic carbocycles. The average molecular weight is 225 g/mol. The molecule has 0 aliphatic rings. The molecule has 90 valence electrons. The highest BCUT2D eigenvalue weighted by molar-refractivity contribution is 5.94. The highest BCUT2D eigenvalue weighted by atomic mass is 16.2. The molecule has 0 aromatic heterocycles. The van der Waals surface area contributed by atoms with Crippen LogP contribution in [0.3, 0.4) is 0 Å². The number of hydrogen-bond acceptors (Lipinski definition) is 3. The van der Waals surface area contributed by atoms with E-state index < -0.39 is 0 Å². The van der Waals surface area contributed by atoms with Crippen molar-refractivity contribution in [1.29, 1.82) is 0 Å². The number of unbranched alkanes of at least 4 members (excludes halogenated alkanes) is 2. The van der Waals surface area contributed by atoms with Gasteiger partial charge < -0.3 is 4.79 Å². The second-order valence-electron chi connectivity index (χ2n) is 3.65. The zero-order chi connectivity index (χ0) is 12.4. The lowest BCUT2D eigenvalue weighted by Gasteiger charge is -2.12. The lowest BCUT2D eigenvalue weighted by molar-refractivity contribution is -0.134. The number of ketones is 1. The van der Waals surface area contributed by atoms with E-state index in [1.165, 1.54) is 6.08 Å². The van der Waals surface area contributed by atoms with E-state index in [2.05, 4.69) is 0 Å². The van der Waals surface area contributed by atoms with Gasteiger partial charge in [0.15, 0.2) is 0 Å². The molecule has 16 heavy (non-hydrogen) atoms. The van der Waals surface area contributed by atoms with Crippen LogP contribution in [0.5, 0.6) is 0 Å². The van der Waals surface area contributed by atoms with E-state index in [4.69, 9.17) is 0 Å². The third-order valence-electron chi connectivity index (χ3n) is 2.15. The molecule has 0 fully saturated rings. The number of hydrogen-bond donors (Lipinski definition) is 0. The smallest absolute Gasteiger partial charge is 0.252 e. The SMILES string of the molecule is C/C=C\C(=O)N(C=O)CCCCCC(C)=O. The fraction of sp³-hybridized carbons (Fsp3) is 0.583. The van der Waals surface area contributed by atoms with Gasteiger partial charge in [0, 0.05) is 13.0 Å². The van der Waals surface area contributed by atoms with Gasteiger partial charge in [0.1, 0.15) is 5.78 Å². The van der Waals surface area contributed by atoms with Crippen molar-refractivity contribution in [1.82, 2.24) is 4.90 Å². The predicted octanol–water partition coefficient (Wildman–Crippen LogP) is 1.70. The predicted molar refractivity (Wildman–Crippen MR) is 61.7 cm³/mol. The minimum atomic E-state index is -0.288. The first kappa shape index (κ1) is 14.6.